The highest BCUT2D eigenvalue weighted by atomic mass is 16.5. The smallest absolute Gasteiger partial charge is 0.350 e. The fourth-order valence-electron chi connectivity index (χ4n) is 3.20. The van der Waals surface area contributed by atoms with Gasteiger partial charge >= 0.3 is 5.69 Å². The minimum absolute atomic E-state index is 0.0653. The first-order chi connectivity index (χ1) is 14.1. The average molecular weight is 392 g/mol. The molecule has 3 aromatic rings. The van der Waals surface area contributed by atoms with Gasteiger partial charge in [-0.05, 0) is 49.6 Å². The molecule has 1 N–H and O–H groups in total. The summed E-state index contributed by atoms with van der Waals surface area (Å²) in [5.74, 6) is 1.56. The molecule has 1 aliphatic rings. The Kier molecular flexibility index (Phi) is 5.46. The van der Waals surface area contributed by atoms with Crippen molar-refractivity contribution in [1.29, 1.82) is 0 Å². The first-order valence-corrected chi connectivity index (χ1v) is 9.83. The van der Waals surface area contributed by atoms with Crippen LogP contribution >= 0.6 is 0 Å². The van der Waals surface area contributed by atoms with E-state index in [0.717, 1.165) is 29.9 Å². The lowest BCUT2D eigenvalue weighted by atomic mass is 10.2. The molecule has 1 aromatic heterocycles. The summed E-state index contributed by atoms with van der Waals surface area (Å²) in [6.45, 7) is 2.53. The molecule has 0 unspecified atom stereocenters. The number of nitrogens with one attached hydrogen (secondary N) is 1. The molecule has 1 aliphatic carbocycles. The molecular weight excluding hydrogens is 368 g/mol. The molecule has 1 amide bonds. The largest absolute Gasteiger partial charge is 0.484 e. The van der Waals surface area contributed by atoms with E-state index in [1.807, 2.05) is 61.5 Å². The third-order valence-corrected chi connectivity index (χ3v) is 4.83. The van der Waals surface area contributed by atoms with Gasteiger partial charge in [0.25, 0.3) is 5.91 Å². The number of amides is 1. The van der Waals surface area contributed by atoms with E-state index >= 15 is 0 Å². The van der Waals surface area contributed by atoms with Crippen molar-refractivity contribution in [2.75, 3.05) is 13.2 Å². The fourth-order valence-corrected chi connectivity index (χ4v) is 3.20. The highest BCUT2D eigenvalue weighted by molar-refractivity contribution is 5.77. The van der Waals surface area contributed by atoms with Crippen molar-refractivity contribution >= 4 is 5.91 Å². The Hall–Kier alpha value is -3.35. The number of para-hydroxylation sites is 1. The van der Waals surface area contributed by atoms with Crippen LogP contribution in [-0.2, 0) is 11.3 Å². The summed E-state index contributed by atoms with van der Waals surface area (Å²) < 4.78 is 8.61. The van der Waals surface area contributed by atoms with Gasteiger partial charge in [0.05, 0.1) is 12.2 Å². The predicted octanol–water partition coefficient (Wildman–Crippen LogP) is 2.42. The molecule has 1 saturated carbocycles. The Morgan fingerprint density at radius 3 is 2.69 bits per heavy atom. The van der Waals surface area contributed by atoms with Crippen LogP contribution in [0.5, 0.6) is 5.75 Å². The Labute approximate surface area is 168 Å². The van der Waals surface area contributed by atoms with E-state index in [1.165, 1.54) is 4.68 Å². The summed E-state index contributed by atoms with van der Waals surface area (Å²) in [5.41, 5.74) is 1.72. The Balaban J connectivity index is 1.36. The van der Waals surface area contributed by atoms with Crippen LogP contribution in [0, 0.1) is 6.92 Å². The monoisotopic (exact) mass is 392 g/mol. The fraction of sp³-hybridized carbons (Fsp3) is 0.318. The second kappa shape index (κ2) is 8.34. The highest BCUT2D eigenvalue weighted by Gasteiger charge is 2.31. The molecule has 4 rings (SSSR count). The number of hydrogen-bond acceptors (Lipinski definition) is 4. The van der Waals surface area contributed by atoms with Gasteiger partial charge in [0.1, 0.15) is 11.6 Å². The van der Waals surface area contributed by atoms with Gasteiger partial charge in [-0.1, -0.05) is 30.3 Å². The van der Waals surface area contributed by atoms with Crippen LogP contribution in [0.25, 0.3) is 5.69 Å². The zero-order valence-corrected chi connectivity index (χ0v) is 16.4. The van der Waals surface area contributed by atoms with E-state index in [0.29, 0.717) is 24.8 Å². The Morgan fingerprint density at radius 2 is 1.97 bits per heavy atom. The summed E-state index contributed by atoms with van der Waals surface area (Å²) in [6.07, 6.45) is 2.10. The van der Waals surface area contributed by atoms with Crippen molar-refractivity contribution in [3.63, 3.8) is 0 Å². The molecule has 0 atom stereocenters. The maximum absolute atomic E-state index is 12.9. The van der Waals surface area contributed by atoms with E-state index in [9.17, 15) is 9.59 Å². The lowest BCUT2D eigenvalue weighted by Crippen LogP contribution is -2.34. The van der Waals surface area contributed by atoms with Gasteiger partial charge in [-0.2, -0.15) is 5.10 Å². The zero-order valence-electron chi connectivity index (χ0n) is 16.4. The van der Waals surface area contributed by atoms with Crippen LogP contribution in [0.1, 0.15) is 30.1 Å². The SMILES string of the molecule is Cc1cccc(OCC(=O)NCCn2nc(C3CC3)n(-c3ccccc3)c2=O)c1. The number of carbonyl (C=O) groups excluding carboxylic acids is 1. The van der Waals surface area contributed by atoms with Crippen molar-refractivity contribution in [3.8, 4) is 11.4 Å². The molecule has 1 heterocycles. The molecule has 0 saturated heterocycles. The van der Waals surface area contributed by atoms with Crippen LogP contribution in [0.15, 0.2) is 59.4 Å². The number of carbonyl (C=O) groups is 1. The normalized spacial score (nSPS) is 13.3. The van der Waals surface area contributed by atoms with E-state index < -0.39 is 0 Å². The predicted molar refractivity (Wildman–Crippen MR) is 109 cm³/mol. The van der Waals surface area contributed by atoms with Crippen molar-refractivity contribution < 1.29 is 9.53 Å². The molecular formula is C22H24N4O3. The molecule has 0 spiro atoms. The second-order valence-corrected chi connectivity index (χ2v) is 7.26. The van der Waals surface area contributed by atoms with Crippen molar-refractivity contribution in [1.82, 2.24) is 19.7 Å². The Bertz CT molecular complexity index is 1050. The van der Waals surface area contributed by atoms with E-state index in [2.05, 4.69) is 10.4 Å². The van der Waals surface area contributed by atoms with Crippen LogP contribution < -0.4 is 15.7 Å². The number of benzene rings is 2. The number of nitrogens with zero attached hydrogens (tertiary/aromatic N) is 3. The zero-order chi connectivity index (χ0) is 20.2. The van der Waals surface area contributed by atoms with Crippen LogP contribution in [-0.4, -0.2) is 33.4 Å². The van der Waals surface area contributed by atoms with Crippen molar-refractivity contribution in [3.05, 3.63) is 76.5 Å². The van der Waals surface area contributed by atoms with Crippen LogP contribution in [0.3, 0.4) is 0 Å². The van der Waals surface area contributed by atoms with E-state index in [4.69, 9.17) is 4.74 Å². The highest BCUT2D eigenvalue weighted by Crippen LogP contribution is 2.39. The van der Waals surface area contributed by atoms with Gasteiger partial charge in [0, 0.05) is 12.5 Å². The standard InChI is InChI=1S/C22H24N4O3/c1-16-6-5-9-19(14-16)29-15-20(27)23-12-13-25-22(28)26(18-7-3-2-4-8-18)21(24-25)17-10-11-17/h2-9,14,17H,10-13,15H2,1H3,(H,23,27). The minimum atomic E-state index is -0.232. The molecule has 7 heteroatoms. The van der Waals surface area contributed by atoms with Gasteiger partial charge in [-0.25, -0.2) is 14.0 Å². The maximum atomic E-state index is 12.9. The number of hydrogen-bond donors (Lipinski definition) is 1. The number of aryl methyl sites for hydroxylation is 1. The number of aromatic nitrogens is 3. The molecule has 0 bridgehead atoms. The molecule has 1 fully saturated rings. The summed E-state index contributed by atoms with van der Waals surface area (Å²) in [6, 6.07) is 17.1. The molecule has 0 radical (unpaired) electrons. The lowest BCUT2D eigenvalue weighted by molar-refractivity contribution is -0.123. The van der Waals surface area contributed by atoms with Crippen LogP contribution in [0.4, 0.5) is 0 Å². The third kappa shape index (κ3) is 4.56. The van der Waals surface area contributed by atoms with Gasteiger partial charge in [0.2, 0.25) is 0 Å². The third-order valence-electron chi connectivity index (χ3n) is 4.83. The second-order valence-electron chi connectivity index (χ2n) is 7.26. The molecule has 0 aliphatic heterocycles. The summed E-state index contributed by atoms with van der Waals surface area (Å²) >= 11 is 0. The molecule has 150 valence electrons. The summed E-state index contributed by atoms with van der Waals surface area (Å²) in [7, 11) is 0. The molecule has 29 heavy (non-hydrogen) atoms. The van der Waals surface area contributed by atoms with Gasteiger partial charge < -0.3 is 10.1 Å². The molecule has 7 nitrogen and oxygen atoms in total. The molecule has 2 aromatic carbocycles. The van der Waals surface area contributed by atoms with Crippen molar-refractivity contribution in [2.24, 2.45) is 0 Å². The van der Waals surface area contributed by atoms with Crippen molar-refractivity contribution in [2.45, 2.75) is 32.2 Å². The number of ether oxygens (including phenoxy) is 1. The lowest BCUT2D eigenvalue weighted by Gasteiger charge is -2.07. The topological polar surface area (TPSA) is 78.2 Å². The first-order valence-electron chi connectivity index (χ1n) is 9.83. The minimum Gasteiger partial charge on any atom is -0.484 e. The Morgan fingerprint density at radius 1 is 1.17 bits per heavy atom. The number of rotatable bonds is 8. The van der Waals surface area contributed by atoms with Gasteiger partial charge in [-0.15, -0.1) is 0 Å². The van der Waals surface area contributed by atoms with Gasteiger partial charge in [-0.3, -0.25) is 4.79 Å². The first kappa shape index (κ1) is 19.0. The van der Waals surface area contributed by atoms with Gasteiger partial charge in [0.15, 0.2) is 6.61 Å². The summed E-state index contributed by atoms with van der Waals surface area (Å²) in [5, 5.41) is 7.32. The quantitative estimate of drug-likeness (QED) is 0.639. The maximum Gasteiger partial charge on any atom is 0.350 e. The summed E-state index contributed by atoms with van der Waals surface area (Å²) in [4.78, 5) is 24.9. The van der Waals surface area contributed by atoms with Crippen LogP contribution in [0.2, 0.25) is 0 Å². The van der Waals surface area contributed by atoms with E-state index in [1.54, 1.807) is 4.57 Å². The average Bonchev–Trinajstić information content (AvgIpc) is 3.52. The van der Waals surface area contributed by atoms with E-state index in [-0.39, 0.29) is 18.2 Å².